The third-order valence-electron chi connectivity index (χ3n) is 6.67. The highest BCUT2D eigenvalue weighted by Gasteiger charge is 2.21. The van der Waals surface area contributed by atoms with E-state index in [0.717, 1.165) is 41.7 Å². The third-order valence-corrected chi connectivity index (χ3v) is 6.67. The topological polar surface area (TPSA) is 9.23 Å². The number of unbranched alkanes of at least 4 members (excludes halogenated alkanes) is 4. The van der Waals surface area contributed by atoms with Crippen LogP contribution in [-0.2, 0) is 0 Å². The molecule has 1 fully saturated rings. The number of rotatable bonds is 10. The van der Waals surface area contributed by atoms with Gasteiger partial charge in [-0.05, 0) is 85.9 Å². The second-order valence-corrected chi connectivity index (χ2v) is 9.17. The van der Waals surface area contributed by atoms with Crippen molar-refractivity contribution < 1.29 is 4.74 Å². The minimum Gasteiger partial charge on any atom is -0.494 e. The molecular weight excluding hydrogens is 376 g/mol. The zero-order chi connectivity index (χ0) is 21.7. The van der Waals surface area contributed by atoms with E-state index >= 15 is 0 Å². The van der Waals surface area contributed by atoms with Crippen molar-refractivity contribution in [3.63, 3.8) is 0 Å². The summed E-state index contributed by atoms with van der Waals surface area (Å²) in [6.45, 7) is 5.30. The van der Waals surface area contributed by atoms with Crippen molar-refractivity contribution in [2.24, 2.45) is 5.92 Å². The molecule has 0 aliphatic heterocycles. The predicted octanol–water partition coefficient (Wildman–Crippen LogP) is 8.51. The highest BCUT2D eigenvalue weighted by atomic mass is 16.5. The van der Waals surface area contributed by atoms with Gasteiger partial charge in [0.15, 0.2) is 0 Å². The summed E-state index contributed by atoms with van der Waals surface area (Å²) >= 11 is 0. The molecule has 31 heavy (non-hydrogen) atoms. The van der Waals surface area contributed by atoms with Crippen LogP contribution in [0.1, 0.15) is 107 Å². The zero-order valence-electron chi connectivity index (χ0n) is 19.7. The number of hydrogen-bond donors (Lipinski definition) is 0. The van der Waals surface area contributed by atoms with Crippen LogP contribution >= 0.6 is 0 Å². The maximum atomic E-state index is 5.78. The van der Waals surface area contributed by atoms with E-state index in [2.05, 4.69) is 62.1 Å². The molecule has 1 heteroatoms. The van der Waals surface area contributed by atoms with Gasteiger partial charge in [0.25, 0.3) is 0 Å². The Morgan fingerprint density at radius 3 is 1.90 bits per heavy atom. The molecule has 0 spiro atoms. The van der Waals surface area contributed by atoms with Gasteiger partial charge in [-0.1, -0.05) is 76.3 Å². The lowest BCUT2D eigenvalue weighted by Crippen LogP contribution is -2.13. The van der Waals surface area contributed by atoms with Crippen LogP contribution in [0.15, 0.2) is 48.5 Å². The van der Waals surface area contributed by atoms with Crippen LogP contribution in [0, 0.1) is 17.8 Å². The van der Waals surface area contributed by atoms with Crippen LogP contribution in [-0.4, -0.2) is 6.61 Å². The minimum atomic E-state index is 0.745. The number of ether oxygens (including phenoxy) is 1. The summed E-state index contributed by atoms with van der Waals surface area (Å²) in [5.41, 5.74) is 3.63. The maximum absolute atomic E-state index is 5.78. The molecule has 2 aromatic rings. The molecule has 0 N–H and O–H groups in total. The Morgan fingerprint density at radius 2 is 1.29 bits per heavy atom. The Bertz CT molecular complexity index is 798. The highest BCUT2D eigenvalue weighted by Crippen LogP contribution is 2.37. The van der Waals surface area contributed by atoms with Gasteiger partial charge in [-0.3, -0.25) is 0 Å². The Kier molecular flexibility index (Phi) is 10.0. The van der Waals surface area contributed by atoms with Crippen LogP contribution in [0.4, 0.5) is 0 Å². The van der Waals surface area contributed by atoms with Gasteiger partial charge < -0.3 is 4.74 Å². The summed E-state index contributed by atoms with van der Waals surface area (Å²) in [5, 5.41) is 0. The molecular formula is C30H40O. The fourth-order valence-electron chi connectivity index (χ4n) is 4.63. The molecule has 1 aliphatic rings. The summed E-state index contributed by atoms with van der Waals surface area (Å²) in [6, 6.07) is 17.2. The lowest BCUT2D eigenvalue weighted by atomic mass is 9.77. The molecule has 3 rings (SSSR count). The molecule has 0 saturated heterocycles. The number of hydrogen-bond acceptors (Lipinski definition) is 1. The normalized spacial score (nSPS) is 18.3. The second kappa shape index (κ2) is 13.3. The summed E-state index contributed by atoms with van der Waals surface area (Å²) in [6.07, 6.45) is 14.7. The van der Waals surface area contributed by atoms with Gasteiger partial charge in [-0.2, -0.15) is 0 Å². The van der Waals surface area contributed by atoms with Gasteiger partial charge >= 0.3 is 0 Å². The van der Waals surface area contributed by atoms with Gasteiger partial charge in [0.05, 0.1) is 6.61 Å². The summed E-state index contributed by atoms with van der Waals surface area (Å²) in [5.74, 6) is 9.26. The quantitative estimate of drug-likeness (QED) is 0.278. The van der Waals surface area contributed by atoms with Gasteiger partial charge in [0.2, 0.25) is 0 Å². The van der Waals surface area contributed by atoms with E-state index in [9.17, 15) is 0 Å². The molecule has 0 unspecified atom stereocenters. The molecule has 1 aliphatic carbocycles. The van der Waals surface area contributed by atoms with Crippen LogP contribution in [0.3, 0.4) is 0 Å². The minimum absolute atomic E-state index is 0.745. The van der Waals surface area contributed by atoms with E-state index in [1.807, 2.05) is 12.1 Å². The molecule has 0 heterocycles. The first-order chi connectivity index (χ1) is 15.3. The van der Waals surface area contributed by atoms with Crippen LogP contribution < -0.4 is 4.74 Å². The van der Waals surface area contributed by atoms with Crippen molar-refractivity contribution >= 4 is 0 Å². The van der Waals surface area contributed by atoms with E-state index in [1.165, 1.54) is 69.8 Å². The molecule has 0 atom stereocenters. The van der Waals surface area contributed by atoms with E-state index in [1.54, 1.807) is 0 Å². The summed E-state index contributed by atoms with van der Waals surface area (Å²) in [7, 11) is 0. The van der Waals surface area contributed by atoms with E-state index in [4.69, 9.17) is 4.74 Å². The Hall–Kier alpha value is -2.20. The van der Waals surface area contributed by atoms with Crippen molar-refractivity contribution in [3.8, 4) is 17.6 Å². The van der Waals surface area contributed by atoms with Crippen molar-refractivity contribution in [3.05, 3.63) is 65.2 Å². The molecule has 0 bridgehead atoms. The predicted molar refractivity (Wildman–Crippen MR) is 133 cm³/mol. The molecule has 166 valence electrons. The Morgan fingerprint density at radius 1 is 0.710 bits per heavy atom. The average Bonchev–Trinajstić information content (AvgIpc) is 2.82. The molecule has 0 radical (unpaired) electrons. The van der Waals surface area contributed by atoms with Crippen molar-refractivity contribution in [2.75, 3.05) is 6.61 Å². The summed E-state index contributed by atoms with van der Waals surface area (Å²) < 4.78 is 5.78. The molecule has 2 aromatic carbocycles. The molecule has 1 nitrogen and oxygen atoms in total. The fourth-order valence-corrected chi connectivity index (χ4v) is 4.63. The molecule has 0 amide bonds. The van der Waals surface area contributed by atoms with Crippen LogP contribution in [0.5, 0.6) is 5.75 Å². The second-order valence-electron chi connectivity index (χ2n) is 9.17. The first kappa shape index (κ1) is 23.5. The fraction of sp³-hybridized carbons (Fsp3) is 0.533. The standard InChI is InChI=1S/C30H40O/c1-3-5-7-9-25-12-18-28(19-13-25)29-20-14-26(15-21-29)10-11-27-16-22-30(23-17-27)31-24-8-6-4-2/h14-17,20-23,25,28H,3-9,12-13,18-19,24H2,1-2H3. The lowest BCUT2D eigenvalue weighted by Gasteiger charge is -2.29. The summed E-state index contributed by atoms with van der Waals surface area (Å²) in [4.78, 5) is 0. The third kappa shape index (κ3) is 8.10. The molecule has 0 aromatic heterocycles. The average molecular weight is 417 g/mol. The smallest absolute Gasteiger partial charge is 0.119 e. The van der Waals surface area contributed by atoms with Gasteiger partial charge in [-0.15, -0.1) is 0 Å². The van der Waals surface area contributed by atoms with Crippen molar-refractivity contribution in [2.45, 2.75) is 90.4 Å². The SMILES string of the molecule is CCCCCOc1ccc(C#Cc2ccc(C3CCC(CCCCC)CC3)cc2)cc1. The van der Waals surface area contributed by atoms with Crippen LogP contribution in [0.2, 0.25) is 0 Å². The van der Waals surface area contributed by atoms with Gasteiger partial charge in [0.1, 0.15) is 5.75 Å². The zero-order valence-corrected chi connectivity index (χ0v) is 19.7. The molecule has 1 saturated carbocycles. The Balaban J connectivity index is 1.46. The van der Waals surface area contributed by atoms with Gasteiger partial charge in [-0.25, -0.2) is 0 Å². The Labute approximate surface area is 190 Å². The largest absolute Gasteiger partial charge is 0.494 e. The van der Waals surface area contributed by atoms with Crippen LogP contribution in [0.25, 0.3) is 0 Å². The lowest BCUT2D eigenvalue weighted by molar-refractivity contribution is 0.303. The van der Waals surface area contributed by atoms with E-state index in [-0.39, 0.29) is 0 Å². The highest BCUT2D eigenvalue weighted by molar-refractivity contribution is 5.45. The number of benzene rings is 2. The van der Waals surface area contributed by atoms with E-state index in [0.29, 0.717) is 0 Å². The van der Waals surface area contributed by atoms with Crippen molar-refractivity contribution in [1.29, 1.82) is 0 Å². The maximum Gasteiger partial charge on any atom is 0.119 e. The monoisotopic (exact) mass is 416 g/mol. The van der Waals surface area contributed by atoms with Crippen molar-refractivity contribution in [1.82, 2.24) is 0 Å². The van der Waals surface area contributed by atoms with E-state index < -0.39 is 0 Å². The first-order valence-electron chi connectivity index (χ1n) is 12.6. The first-order valence-corrected chi connectivity index (χ1v) is 12.6. The van der Waals surface area contributed by atoms with Gasteiger partial charge in [0, 0.05) is 11.1 Å².